The van der Waals surface area contributed by atoms with Crippen LogP contribution < -0.4 is 4.52 Å². The molecular weight excluding hydrogens is 437 g/mol. The third kappa shape index (κ3) is 9.81. The summed E-state index contributed by atoms with van der Waals surface area (Å²) in [6.07, 6.45) is 15.0. The van der Waals surface area contributed by atoms with E-state index in [0.717, 1.165) is 57.4 Å². The Morgan fingerprint density at radius 3 is 2.31 bits per heavy atom. The van der Waals surface area contributed by atoms with Gasteiger partial charge in [-0.3, -0.25) is 0 Å². The molecule has 2 unspecified atom stereocenters. The molecule has 0 radical (unpaired) electrons. The van der Waals surface area contributed by atoms with Gasteiger partial charge in [0.1, 0.15) is 12.0 Å². The standard InChI is InChI=1S/C26H46NO3PS/c1-4-7-10-13-21-27(26-16-12-14-22-28-26)31(32,29-23-9-6-3)30-25-19-17-24(18-20-25)15-11-8-5-2/h17-20,26H,4-16,21-23H2,1-3H3. The van der Waals surface area contributed by atoms with E-state index >= 15 is 0 Å². The predicted molar refractivity (Wildman–Crippen MR) is 140 cm³/mol. The molecule has 184 valence electrons. The molecule has 1 aliphatic heterocycles. The van der Waals surface area contributed by atoms with Gasteiger partial charge in [-0.2, -0.15) is 4.67 Å². The number of aryl methyl sites for hydroxylation is 1. The smallest absolute Gasteiger partial charge is 0.317 e. The summed E-state index contributed by atoms with van der Waals surface area (Å²) in [6.45, 7) is 6.28. The fraction of sp³-hybridized carbons (Fsp3) is 0.769. The first kappa shape index (κ1) is 27.8. The molecule has 0 spiro atoms. The van der Waals surface area contributed by atoms with Crippen molar-refractivity contribution in [1.29, 1.82) is 0 Å². The van der Waals surface area contributed by atoms with Crippen LogP contribution in [-0.2, 0) is 27.5 Å². The third-order valence-corrected chi connectivity index (χ3v) is 9.22. The summed E-state index contributed by atoms with van der Waals surface area (Å²) in [5.74, 6) is 0.818. The van der Waals surface area contributed by atoms with Gasteiger partial charge >= 0.3 is 6.64 Å². The van der Waals surface area contributed by atoms with Crippen LogP contribution >= 0.6 is 6.64 Å². The van der Waals surface area contributed by atoms with E-state index in [9.17, 15) is 0 Å². The summed E-state index contributed by atoms with van der Waals surface area (Å²) >= 11 is 6.21. The molecule has 1 saturated heterocycles. The van der Waals surface area contributed by atoms with Crippen molar-refractivity contribution in [1.82, 2.24) is 4.67 Å². The Morgan fingerprint density at radius 1 is 0.938 bits per heavy atom. The maximum absolute atomic E-state index is 6.55. The zero-order valence-corrected chi connectivity index (χ0v) is 22.4. The third-order valence-electron chi connectivity index (χ3n) is 6.01. The molecule has 0 bridgehead atoms. The van der Waals surface area contributed by atoms with Crippen molar-refractivity contribution in [2.24, 2.45) is 0 Å². The molecule has 1 aromatic carbocycles. The second-order valence-electron chi connectivity index (χ2n) is 8.89. The van der Waals surface area contributed by atoms with Gasteiger partial charge in [-0.1, -0.05) is 71.4 Å². The topological polar surface area (TPSA) is 30.9 Å². The molecule has 4 nitrogen and oxygen atoms in total. The predicted octanol–water partition coefficient (Wildman–Crippen LogP) is 8.25. The molecule has 0 N–H and O–H groups in total. The maximum Gasteiger partial charge on any atom is 0.317 e. The van der Waals surface area contributed by atoms with Gasteiger partial charge in [0.15, 0.2) is 0 Å². The van der Waals surface area contributed by atoms with E-state index in [1.54, 1.807) is 0 Å². The second-order valence-corrected chi connectivity index (χ2v) is 12.2. The van der Waals surface area contributed by atoms with Crippen LogP contribution in [0.2, 0.25) is 0 Å². The fourth-order valence-corrected chi connectivity index (χ4v) is 6.97. The molecule has 0 aromatic heterocycles. The second kappa shape index (κ2) is 16.2. The SMILES string of the molecule is CCCCCCN(C1CCCCO1)P(=S)(OCCCC)Oc1ccc(CCCCC)cc1. The monoisotopic (exact) mass is 483 g/mol. The van der Waals surface area contributed by atoms with E-state index in [1.165, 1.54) is 50.5 Å². The van der Waals surface area contributed by atoms with Crippen LogP contribution in [0.1, 0.15) is 103 Å². The molecule has 2 atom stereocenters. The van der Waals surface area contributed by atoms with Crippen LogP contribution in [0.4, 0.5) is 0 Å². The first-order valence-corrected chi connectivity index (χ1v) is 15.6. The van der Waals surface area contributed by atoms with E-state index in [2.05, 4.69) is 49.7 Å². The van der Waals surface area contributed by atoms with Gasteiger partial charge in [-0.15, -0.1) is 0 Å². The summed E-state index contributed by atoms with van der Waals surface area (Å²) in [4.78, 5) is 0. The normalized spacial score (nSPS) is 18.6. The largest absolute Gasteiger partial charge is 0.433 e. The summed E-state index contributed by atoms with van der Waals surface area (Å²) in [5, 5.41) is 0. The highest BCUT2D eigenvalue weighted by molar-refractivity contribution is 8.08. The summed E-state index contributed by atoms with van der Waals surface area (Å²) in [6, 6.07) is 8.50. The molecule has 1 heterocycles. The highest BCUT2D eigenvalue weighted by atomic mass is 32.5. The van der Waals surface area contributed by atoms with Gasteiger partial charge in [0.25, 0.3) is 0 Å². The van der Waals surface area contributed by atoms with Crippen molar-refractivity contribution in [2.75, 3.05) is 19.8 Å². The fourth-order valence-electron chi connectivity index (χ4n) is 3.99. The zero-order valence-electron chi connectivity index (χ0n) is 20.7. The van der Waals surface area contributed by atoms with Crippen LogP contribution in [0.5, 0.6) is 5.75 Å². The average molecular weight is 484 g/mol. The summed E-state index contributed by atoms with van der Waals surface area (Å²) < 4.78 is 21.4. The van der Waals surface area contributed by atoms with Gasteiger partial charge < -0.3 is 13.8 Å². The number of nitrogens with zero attached hydrogens (tertiary/aromatic N) is 1. The number of hydrogen-bond acceptors (Lipinski definition) is 4. The lowest BCUT2D eigenvalue weighted by atomic mass is 10.1. The summed E-state index contributed by atoms with van der Waals surface area (Å²) in [5.41, 5.74) is 1.36. The van der Waals surface area contributed by atoms with Crippen molar-refractivity contribution >= 4 is 18.4 Å². The quantitative estimate of drug-likeness (QED) is 0.164. The minimum atomic E-state index is -2.70. The van der Waals surface area contributed by atoms with Crippen LogP contribution in [0.25, 0.3) is 0 Å². The van der Waals surface area contributed by atoms with Crippen molar-refractivity contribution in [3.05, 3.63) is 29.8 Å². The maximum atomic E-state index is 6.55. The van der Waals surface area contributed by atoms with Gasteiger partial charge in [0, 0.05) is 13.2 Å². The van der Waals surface area contributed by atoms with Crippen molar-refractivity contribution < 1.29 is 13.8 Å². The number of rotatable bonds is 17. The highest BCUT2D eigenvalue weighted by Crippen LogP contribution is 2.54. The van der Waals surface area contributed by atoms with E-state index in [4.69, 9.17) is 25.6 Å². The molecule has 0 saturated carbocycles. The van der Waals surface area contributed by atoms with E-state index in [-0.39, 0.29) is 6.23 Å². The Labute approximate surface area is 202 Å². The molecule has 32 heavy (non-hydrogen) atoms. The van der Waals surface area contributed by atoms with Crippen molar-refractivity contribution in [3.8, 4) is 5.75 Å². The Morgan fingerprint density at radius 2 is 1.66 bits per heavy atom. The van der Waals surface area contributed by atoms with Gasteiger partial charge in [0.2, 0.25) is 0 Å². The van der Waals surface area contributed by atoms with Gasteiger partial charge in [-0.05, 0) is 74.4 Å². The Kier molecular flexibility index (Phi) is 14.1. The average Bonchev–Trinajstić information content (AvgIpc) is 2.81. The number of unbranched alkanes of at least 4 members (excludes halogenated alkanes) is 6. The number of hydrogen-bond donors (Lipinski definition) is 0. The first-order valence-electron chi connectivity index (χ1n) is 13.0. The van der Waals surface area contributed by atoms with E-state index < -0.39 is 6.64 Å². The molecule has 6 heteroatoms. The van der Waals surface area contributed by atoms with E-state index in [1.807, 2.05) is 0 Å². The molecule has 2 rings (SSSR count). The number of benzene rings is 1. The molecule has 1 fully saturated rings. The first-order chi connectivity index (χ1) is 15.6. The zero-order chi connectivity index (χ0) is 23.1. The molecule has 1 aliphatic rings. The number of ether oxygens (including phenoxy) is 1. The molecular formula is C26H46NO3PS. The molecule has 1 aromatic rings. The Hall–Kier alpha value is -0.450. The van der Waals surface area contributed by atoms with E-state index in [0.29, 0.717) is 6.61 Å². The van der Waals surface area contributed by atoms with Crippen LogP contribution in [0.3, 0.4) is 0 Å². The summed E-state index contributed by atoms with van der Waals surface area (Å²) in [7, 11) is 0. The lowest BCUT2D eigenvalue weighted by Gasteiger charge is -2.40. The highest BCUT2D eigenvalue weighted by Gasteiger charge is 2.37. The minimum Gasteiger partial charge on any atom is -0.433 e. The minimum absolute atomic E-state index is 0.00570. The lowest BCUT2D eigenvalue weighted by molar-refractivity contribution is -0.0564. The molecule has 0 amide bonds. The van der Waals surface area contributed by atoms with Crippen LogP contribution in [-0.4, -0.2) is 30.7 Å². The van der Waals surface area contributed by atoms with Crippen LogP contribution in [0.15, 0.2) is 24.3 Å². The van der Waals surface area contributed by atoms with Gasteiger partial charge in [-0.25, -0.2) is 0 Å². The van der Waals surface area contributed by atoms with Crippen LogP contribution in [0, 0.1) is 0 Å². The van der Waals surface area contributed by atoms with Crippen molar-refractivity contribution in [3.63, 3.8) is 0 Å². The Bertz CT molecular complexity index is 649. The van der Waals surface area contributed by atoms with Gasteiger partial charge in [0.05, 0.1) is 6.61 Å². The Balaban J connectivity index is 2.16. The lowest BCUT2D eigenvalue weighted by Crippen LogP contribution is -2.39. The van der Waals surface area contributed by atoms with Crippen molar-refractivity contribution in [2.45, 2.75) is 110 Å². The molecule has 0 aliphatic carbocycles.